The molecular weight excluding hydrogens is 227 g/mol. The fourth-order valence-electron chi connectivity index (χ4n) is 2.45. The second kappa shape index (κ2) is 3.35. The molecule has 0 unspecified atom stereocenters. The number of benzene rings is 1. The largest absolute Gasteiger partial charge is 0.416 e. The topological polar surface area (TPSA) is 12.0 Å². The van der Waals surface area contributed by atoms with Gasteiger partial charge in [-0.25, -0.2) is 0 Å². The summed E-state index contributed by atoms with van der Waals surface area (Å²) in [6.45, 7) is 1.99. The molecule has 1 nitrogen and oxygen atoms in total. The van der Waals surface area contributed by atoms with Gasteiger partial charge in [0, 0.05) is 18.5 Å². The molecule has 3 rings (SSSR count). The Kier molecular flexibility index (Phi) is 2.14. The van der Waals surface area contributed by atoms with Crippen molar-refractivity contribution in [2.24, 2.45) is 5.41 Å². The highest BCUT2D eigenvalue weighted by atomic mass is 19.4. The summed E-state index contributed by atoms with van der Waals surface area (Å²) in [4.78, 5) is 0. The van der Waals surface area contributed by atoms with E-state index in [-0.39, 0.29) is 0 Å². The molecule has 1 saturated heterocycles. The smallest absolute Gasteiger partial charge is 0.315 e. The summed E-state index contributed by atoms with van der Waals surface area (Å²) in [5.74, 6) is 0. The van der Waals surface area contributed by atoms with Crippen LogP contribution in [0.3, 0.4) is 0 Å². The standard InChI is InChI=1S/C13H12F3N/c14-13(15,16)11-3-1-9(2-4-11)10-5-12(6-10)7-17-8-12/h1-5,17H,6-8H2. The quantitative estimate of drug-likeness (QED) is 0.794. The molecule has 90 valence electrons. The fourth-order valence-corrected chi connectivity index (χ4v) is 2.45. The van der Waals surface area contributed by atoms with Crippen molar-refractivity contribution in [1.82, 2.24) is 5.32 Å². The molecule has 1 heterocycles. The SMILES string of the molecule is FC(F)(F)c1ccc(C2=CC3(CNC3)C2)cc1. The molecule has 1 aromatic rings. The number of rotatable bonds is 1. The van der Waals surface area contributed by atoms with Gasteiger partial charge in [-0.2, -0.15) is 13.2 Å². The zero-order valence-corrected chi connectivity index (χ0v) is 9.14. The minimum Gasteiger partial charge on any atom is -0.315 e. The highest BCUT2D eigenvalue weighted by Crippen LogP contribution is 2.46. The monoisotopic (exact) mass is 239 g/mol. The molecule has 1 spiro atoms. The van der Waals surface area contributed by atoms with Crippen LogP contribution < -0.4 is 5.32 Å². The van der Waals surface area contributed by atoms with E-state index in [0.29, 0.717) is 5.41 Å². The second-order valence-electron chi connectivity index (χ2n) is 4.89. The average Bonchev–Trinajstić information content (AvgIpc) is 2.12. The van der Waals surface area contributed by atoms with Crippen molar-refractivity contribution in [2.75, 3.05) is 13.1 Å². The Morgan fingerprint density at radius 1 is 1.06 bits per heavy atom. The Morgan fingerprint density at radius 2 is 1.65 bits per heavy atom. The van der Waals surface area contributed by atoms with Crippen molar-refractivity contribution in [3.8, 4) is 0 Å². The number of nitrogens with one attached hydrogen (secondary N) is 1. The van der Waals surface area contributed by atoms with Crippen LogP contribution in [0.25, 0.3) is 5.57 Å². The van der Waals surface area contributed by atoms with Gasteiger partial charge in [0.25, 0.3) is 0 Å². The van der Waals surface area contributed by atoms with Gasteiger partial charge in [-0.1, -0.05) is 18.2 Å². The summed E-state index contributed by atoms with van der Waals surface area (Å²) in [6.07, 6.45) is -1.08. The summed E-state index contributed by atoms with van der Waals surface area (Å²) < 4.78 is 37.1. The minimum absolute atomic E-state index is 0.304. The van der Waals surface area contributed by atoms with Crippen LogP contribution in [-0.4, -0.2) is 13.1 Å². The van der Waals surface area contributed by atoms with Gasteiger partial charge in [-0.3, -0.25) is 0 Å². The summed E-state index contributed by atoms with van der Waals surface area (Å²) in [7, 11) is 0. The number of hydrogen-bond acceptors (Lipinski definition) is 1. The highest BCUT2D eigenvalue weighted by Gasteiger charge is 2.42. The highest BCUT2D eigenvalue weighted by molar-refractivity contribution is 5.73. The van der Waals surface area contributed by atoms with Crippen LogP contribution in [-0.2, 0) is 6.18 Å². The summed E-state index contributed by atoms with van der Waals surface area (Å²) >= 11 is 0. The van der Waals surface area contributed by atoms with Gasteiger partial charge in [0.05, 0.1) is 5.56 Å². The molecule has 0 aromatic heterocycles. The van der Waals surface area contributed by atoms with E-state index in [0.717, 1.165) is 37.2 Å². The van der Waals surface area contributed by atoms with Crippen LogP contribution in [0.1, 0.15) is 17.5 Å². The fraction of sp³-hybridized carbons (Fsp3) is 0.385. The molecule has 1 N–H and O–H groups in total. The van der Waals surface area contributed by atoms with Gasteiger partial charge >= 0.3 is 6.18 Å². The van der Waals surface area contributed by atoms with E-state index in [1.165, 1.54) is 5.57 Å². The van der Waals surface area contributed by atoms with Crippen molar-refractivity contribution in [1.29, 1.82) is 0 Å². The maximum atomic E-state index is 12.4. The number of hydrogen-bond donors (Lipinski definition) is 1. The minimum atomic E-state index is -4.24. The van der Waals surface area contributed by atoms with E-state index in [1.807, 2.05) is 0 Å². The number of alkyl halides is 3. The van der Waals surface area contributed by atoms with E-state index < -0.39 is 11.7 Å². The average molecular weight is 239 g/mol. The lowest BCUT2D eigenvalue weighted by Gasteiger charge is -2.48. The van der Waals surface area contributed by atoms with Gasteiger partial charge < -0.3 is 5.32 Å². The van der Waals surface area contributed by atoms with Crippen molar-refractivity contribution < 1.29 is 13.2 Å². The summed E-state index contributed by atoms with van der Waals surface area (Å²) in [5, 5.41) is 3.21. The predicted molar refractivity (Wildman–Crippen MR) is 59.3 cm³/mol. The molecule has 2 aliphatic rings. The van der Waals surface area contributed by atoms with Crippen LogP contribution in [0.2, 0.25) is 0 Å². The molecule has 1 aromatic carbocycles. The first kappa shape index (κ1) is 10.8. The van der Waals surface area contributed by atoms with Gasteiger partial charge in [0.1, 0.15) is 0 Å². The molecular formula is C13H12F3N. The van der Waals surface area contributed by atoms with Gasteiger partial charge in [0.2, 0.25) is 0 Å². The lowest BCUT2D eigenvalue weighted by Crippen LogP contribution is -2.55. The predicted octanol–water partition coefficient (Wildman–Crippen LogP) is 3.08. The lowest BCUT2D eigenvalue weighted by atomic mass is 9.65. The van der Waals surface area contributed by atoms with Crippen molar-refractivity contribution in [3.05, 3.63) is 41.5 Å². The molecule has 0 saturated carbocycles. The first-order valence-corrected chi connectivity index (χ1v) is 5.59. The second-order valence-corrected chi connectivity index (χ2v) is 4.89. The van der Waals surface area contributed by atoms with Crippen LogP contribution in [0, 0.1) is 5.41 Å². The third-order valence-corrected chi connectivity index (χ3v) is 3.56. The third-order valence-electron chi connectivity index (χ3n) is 3.56. The zero-order valence-electron chi connectivity index (χ0n) is 9.14. The molecule has 0 radical (unpaired) electrons. The first-order valence-electron chi connectivity index (χ1n) is 5.59. The van der Waals surface area contributed by atoms with Crippen LogP contribution in [0.15, 0.2) is 30.3 Å². The normalized spacial score (nSPS) is 21.7. The molecule has 1 aliphatic carbocycles. The Labute approximate surface area is 97.3 Å². The first-order chi connectivity index (χ1) is 7.99. The number of halogens is 3. The molecule has 1 aliphatic heterocycles. The van der Waals surface area contributed by atoms with Gasteiger partial charge in [-0.05, 0) is 29.7 Å². The summed E-state index contributed by atoms with van der Waals surface area (Å²) in [5.41, 5.74) is 1.80. The summed E-state index contributed by atoms with van der Waals surface area (Å²) in [6, 6.07) is 5.43. The van der Waals surface area contributed by atoms with E-state index in [9.17, 15) is 13.2 Å². The molecule has 4 heteroatoms. The molecule has 1 fully saturated rings. The van der Waals surface area contributed by atoms with Gasteiger partial charge in [-0.15, -0.1) is 0 Å². The number of allylic oxidation sites excluding steroid dienone is 1. The van der Waals surface area contributed by atoms with Crippen molar-refractivity contribution >= 4 is 5.57 Å². The van der Waals surface area contributed by atoms with Crippen molar-refractivity contribution in [3.63, 3.8) is 0 Å². The lowest BCUT2D eigenvalue weighted by molar-refractivity contribution is -0.137. The molecule has 0 atom stereocenters. The van der Waals surface area contributed by atoms with E-state index in [4.69, 9.17) is 0 Å². The van der Waals surface area contributed by atoms with Gasteiger partial charge in [0.15, 0.2) is 0 Å². The molecule has 0 bridgehead atoms. The maximum Gasteiger partial charge on any atom is 0.416 e. The van der Waals surface area contributed by atoms with E-state index in [1.54, 1.807) is 12.1 Å². The van der Waals surface area contributed by atoms with Crippen LogP contribution in [0.4, 0.5) is 13.2 Å². The van der Waals surface area contributed by atoms with Crippen molar-refractivity contribution in [2.45, 2.75) is 12.6 Å². The Hall–Kier alpha value is -1.29. The van der Waals surface area contributed by atoms with Crippen LogP contribution in [0.5, 0.6) is 0 Å². The Balaban J connectivity index is 1.80. The Bertz CT molecular complexity index is 466. The molecule has 0 amide bonds. The van der Waals surface area contributed by atoms with E-state index in [2.05, 4.69) is 11.4 Å². The van der Waals surface area contributed by atoms with E-state index >= 15 is 0 Å². The maximum absolute atomic E-state index is 12.4. The molecule has 17 heavy (non-hydrogen) atoms. The van der Waals surface area contributed by atoms with Crippen LogP contribution >= 0.6 is 0 Å². The Morgan fingerprint density at radius 3 is 2.06 bits per heavy atom. The third kappa shape index (κ3) is 1.76. The zero-order chi connectivity index (χ0) is 12.1.